The number of hydrogen-bond donors (Lipinski definition) is 1. The molecule has 0 saturated heterocycles. The Morgan fingerprint density at radius 2 is 2.24 bits per heavy atom. The SMILES string of the molecule is CC(Cc1cccc2c1c(Cl)cn2C)C(=O)O. The van der Waals surface area contributed by atoms with E-state index >= 15 is 0 Å². The Morgan fingerprint density at radius 1 is 1.53 bits per heavy atom. The summed E-state index contributed by atoms with van der Waals surface area (Å²) in [5.74, 6) is -1.19. The van der Waals surface area contributed by atoms with Crippen molar-refractivity contribution >= 4 is 28.5 Å². The second-order valence-corrected chi connectivity index (χ2v) is 4.75. The monoisotopic (exact) mass is 251 g/mol. The maximum Gasteiger partial charge on any atom is 0.306 e. The second-order valence-electron chi connectivity index (χ2n) is 4.34. The van der Waals surface area contributed by atoms with Gasteiger partial charge in [0, 0.05) is 24.1 Å². The fourth-order valence-corrected chi connectivity index (χ4v) is 2.41. The van der Waals surface area contributed by atoms with Crippen molar-refractivity contribution < 1.29 is 9.90 Å². The van der Waals surface area contributed by atoms with E-state index in [-0.39, 0.29) is 0 Å². The van der Waals surface area contributed by atoms with Crippen molar-refractivity contribution in [3.05, 3.63) is 35.0 Å². The number of aliphatic carboxylic acids is 1. The van der Waals surface area contributed by atoms with E-state index in [4.69, 9.17) is 16.7 Å². The third-order valence-electron chi connectivity index (χ3n) is 3.00. The van der Waals surface area contributed by atoms with Crippen LogP contribution in [0.15, 0.2) is 24.4 Å². The van der Waals surface area contributed by atoms with Crippen LogP contribution < -0.4 is 0 Å². The van der Waals surface area contributed by atoms with Crippen LogP contribution >= 0.6 is 11.6 Å². The third-order valence-corrected chi connectivity index (χ3v) is 3.29. The van der Waals surface area contributed by atoms with Crippen LogP contribution in [0.2, 0.25) is 5.02 Å². The highest BCUT2D eigenvalue weighted by molar-refractivity contribution is 6.35. The van der Waals surface area contributed by atoms with E-state index in [1.807, 2.05) is 36.0 Å². The Morgan fingerprint density at radius 3 is 2.88 bits per heavy atom. The van der Waals surface area contributed by atoms with E-state index in [0.29, 0.717) is 11.4 Å². The van der Waals surface area contributed by atoms with Gasteiger partial charge in [-0.1, -0.05) is 30.7 Å². The zero-order chi connectivity index (χ0) is 12.6. The minimum Gasteiger partial charge on any atom is -0.481 e. The number of rotatable bonds is 3. The summed E-state index contributed by atoms with van der Waals surface area (Å²) in [4.78, 5) is 10.9. The summed E-state index contributed by atoms with van der Waals surface area (Å²) in [5.41, 5.74) is 2.02. The van der Waals surface area contributed by atoms with E-state index in [1.165, 1.54) is 0 Å². The number of benzene rings is 1. The number of fused-ring (bicyclic) bond motifs is 1. The molecule has 90 valence electrons. The van der Waals surface area contributed by atoms with E-state index in [2.05, 4.69) is 0 Å². The summed E-state index contributed by atoms with van der Waals surface area (Å²) < 4.78 is 1.95. The Balaban J connectivity index is 2.51. The molecular formula is C13H14ClNO2. The lowest BCUT2D eigenvalue weighted by atomic mass is 9.98. The average molecular weight is 252 g/mol. The summed E-state index contributed by atoms with van der Waals surface area (Å²) in [6.07, 6.45) is 2.34. The Bertz CT molecular complexity index is 574. The maximum atomic E-state index is 10.9. The first-order valence-electron chi connectivity index (χ1n) is 5.46. The highest BCUT2D eigenvalue weighted by Crippen LogP contribution is 2.29. The van der Waals surface area contributed by atoms with E-state index in [9.17, 15) is 4.79 Å². The van der Waals surface area contributed by atoms with Gasteiger partial charge in [0.15, 0.2) is 0 Å². The summed E-state index contributed by atoms with van der Waals surface area (Å²) in [6.45, 7) is 1.71. The molecule has 1 aromatic heterocycles. The normalized spacial score (nSPS) is 12.9. The van der Waals surface area contributed by atoms with Crippen molar-refractivity contribution in [3.63, 3.8) is 0 Å². The lowest BCUT2D eigenvalue weighted by Crippen LogP contribution is -2.12. The number of aromatic nitrogens is 1. The Labute approximate surface area is 105 Å². The molecule has 1 heterocycles. The molecule has 0 saturated carbocycles. The molecule has 1 aromatic carbocycles. The first-order valence-corrected chi connectivity index (χ1v) is 5.83. The number of halogens is 1. The zero-order valence-electron chi connectivity index (χ0n) is 9.77. The molecule has 0 radical (unpaired) electrons. The van der Waals surface area contributed by atoms with Crippen molar-refractivity contribution in [2.45, 2.75) is 13.3 Å². The molecule has 1 N–H and O–H groups in total. The van der Waals surface area contributed by atoms with Gasteiger partial charge in [-0.05, 0) is 18.1 Å². The van der Waals surface area contributed by atoms with Crippen LogP contribution in [-0.4, -0.2) is 15.6 Å². The highest BCUT2D eigenvalue weighted by atomic mass is 35.5. The van der Waals surface area contributed by atoms with Gasteiger partial charge in [0.2, 0.25) is 0 Å². The van der Waals surface area contributed by atoms with Crippen LogP contribution in [0.3, 0.4) is 0 Å². The first-order chi connectivity index (χ1) is 8.00. The number of nitrogens with zero attached hydrogens (tertiary/aromatic N) is 1. The lowest BCUT2D eigenvalue weighted by Gasteiger charge is -2.08. The molecule has 2 aromatic rings. The summed E-state index contributed by atoms with van der Waals surface area (Å²) >= 11 is 6.18. The Hall–Kier alpha value is -1.48. The Kier molecular flexibility index (Phi) is 3.11. The van der Waals surface area contributed by atoms with Crippen LogP contribution in [0.1, 0.15) is 12.5 Å². The molecule has 17 heavy (non-hydrogen) atoms. The molecular weight excluding hydrogens is 238 g/mol. The molecule has 0 fully saturated rings. The van der Waals surface area contributed by atoms with Crippen molar-refractivity contribution in [2.24, 2.45) is 13.0 Å². The highest BCUT2D eigenvalue weighted by Gasteiger charge is 2.15. The van der Waals surface area contributed by atoms with Gasteiger partial charge in [-0.2, -0.15) is 0 Å². The predicted molar refractivity (Wildman–Crippen MR) is 68.4 cm³/mol. The van der Waals surface area contributed by atoms with Crippen molar-refractivity contribution in [1.82, 2.24) is 4.57 Å². The van der Waals surface area contributed by atoms with E-state index in [0.717, 1.165) is 16.5 Å². The first kappa shape index (κ1) is 12.0. The van der Waals surface area contributed by atoms with Gasteiger partial charge in [0.05, 0.1) is 10.9 Å². The molecule has 4 heteroatoms. The van der Waals surface area contributed by atoms with E-state index in [1.54, 1.807) is 6.92 Å². The summed E-state index contributed by atoms with van der Waals surface area (Å²) in [7, 11) is 1.93. The lowest BCUT2D eigenvalue weighted by molar-refractivity contribution is -0.141. The van der Waals surface area contributed by atoms with Crippen molar-refractivity contribution in [2.75, 3.05) is 0 Å². The van der Waals surface area contributed by atoms with Crippen LogP contribution in [0.25, 0.3) is 10.9 Å². The standard InChI is InChI=1S/C13H14ClNO2/c1-8(13(16)17)6-9-4-3-5-11-12(9)10(14)7-15(11)2/h3-5,7-8H,6H2,1-2H3,(H,16,17). The molecule has 0 aliphatic heterocycles. The zero-order valence-corrected chi connectivity index (χ0v) is 10.5. The van der Waals surface area contributed by atoms with Crippen LogP contribution in [0.5, 0.6) is 0 Å². The van der Waals surface area contributed by atoms with Crippen LogP contribution in [-0.2, 0) is 18.3 Å². The minimum absolute atomic E-state index is 0.406. The molecule has 1 atom stereocenters. The topological polar surface area (TPSA) is 42.2 Å². The molecule has 1 unspecified atom stereocenters. The average Bonchev–Trinajstić information content (AvgIpc) is 2.55. The molecule has 2 rings (SSSR count). The van der Waals surface area contributed by atoms with Gasteiger partial charge >= 0.3 is 5.97 Å². The van der Waals surface area contributed by atoms with Crippen molar-refractivity contribution in [3.8, 4) is 0 Å². The fourth-order valence-electron chi connectivity index (χ4n) is 2.05. The molecule has 0 aliphatic rings. The van der Waals surface area contributed by atoms with Gasteiger partial charge in [-0.3, -0.25) is 4.79 Å². The van der Waals surface area contributed by atoms with E-state index < -0.39 is 11.9 Å². The molecule has 0 spiro atoms. The quantitative estimate of drug-likeness (QED) is 0.911. The molecule has 3 nitrogen and oxygen atoms in total. The number of carboxylic acid groups (broad SMARTS) is 1. The largest absolute Gasteiger partial charge is 0.481 e. The van der Waals surface area contributed by atoms with Crippen LogP contribution in [0, 0.1) is 5.92 Å². The maximum absolute atomic E-state index is 10.9. The minimum atomic E-state index is -0.783. The smallest absolute Gasteiger partial charge is 0.306 e. The summed E-state index contributed by atoms with van der Waals surface area (Å²) in [6, 6.07) is 5.85. The van der Waals surface area contributed by atoms with Crippen molar-refractivity contribution in [1.29, 1.82) is 0 Å². The number of aryl methyl sites for hydroxylation is 1. The summed E-state index contributed by atoms with van der Waals surface area (Å²) in [5, 5.41) is 10.6. The molecule has 0 aliphatic carbocycles. The van der Waals surface area contributed by atoms with Gasteiger partial charge in [-0.25, -0.2) is 0 Å². The van der Waals surface area contributed by atoms with Gasteiger partial charge in [-0.15, -0.1) is 0 Å². The molecule has 0 amide bonds. The predicted octanol–water partition coefficient (Wildman–Crippen LogP) is 3.09. The van der Waals surface area contributed by atoms with Crippen LogP contribution in [0.4, 0.5) is 0 Å². The second kappa shape index (κ2) is 4.41. The molecule has 0 bridgehead atoms. The van der Waals surface area contributed by atoms with Gasteiger partial charge in [0.25, 0.3) is 0 Å². The van der Waals surface area contributed by atoms with Gasteiger partial charge in [0.1, 0.15) is 0 Å². The number of hydrogen-bond acceptors (Lipinski definition) is 1. The fraction of sp³-hybridized carbons (Fsp3) is 0.308. The number of carboxylic acids is 1. The number of carbonyl (C=O) groups is 1. The van der Waals surface area contributed by atoms with Gasteiger partial charge < -0.3 is 9.67 Å². The third kappa shape index (κ3) is 2.15.